The van der Waals surface area contributed by atoms with E-state index in [1.807, 2.05) is 0 Å². The van der Waals surface area contributed by atoms with Crippen LogP contribution in [-0.2, 0) is 14.3 Å². The monoisotopic (exact) mass is 127 g/mol. The second kappa shape index (κ2) is 2.30. The van der Waals surface area contributed by atoms with E-state index < -0.39 is 5.97 Å². The quantitative estimate of drug-likeness (QED) is 0.432. The van der Waals surface area contributed by atoms with Crippen molar-refractivity contribution in [2.45, 2.75) is 0 Å². The number of amides is 1. The summed E-state index contributed by atoms with van der Waals surface area (Å²) in [7, 11) is 0. The lowest BCUT2D eigenvalue weighted by Crippen LogP contribution is -2.22. The molecule has 1 rings (SSSR count). The van der Waals surface area contributed by atoms with E-state index in [-0.39, 0.29) is 12.6 Å². The van der Waals surface area contributed by atoms with Gasteiger partial charge in [-0.1, -0.05) is 0 Å². The Hall–Kier alpha value is -1.32. The molecular weight excluding hydrogens is 122 g/mol. The second-order valence-corrected chi connectivity index (χ2v) is 1.48. The molecular formula is C5H5NO3. The van der Waals surface area contributed by atoms with E-state index in [9.17, 15) is 9.59 Å². The molecule has 0 saturated heterocycles. The number of ether oxygens (including phenoxy) is 1. The van der Waals surface area contributed by atoms with Crippen LogP contribution < -0.4 is 5.32 Å². The first-order valence-corrected chi connectivity index (χ1v) is 2.42. The van der Waals surface area contributed by atoms with Crippen molar-refractivity contribution in [3.8, 4) is 0 Å². The Labute approximate surface area is 51.5 Å². The lowest BCUT2D eigenvalue weighted by molar-refractivity contribution is -0.138. The third-order valence-corrected chi connectivity index (χ3v) is 0.832. The summed E-state index contributed by atoms with van der Waals surface area (Å²) < 4.78 is 4.42. The third-order valence-electron chi connectivity index (χ3n) is 0.832. The minimum absolute atomic E-state index is 0.0370. The molecule has 1 amide bonds. The molecule has 4 nitrogen and oxygen atoms in total. The lowest BCUT2D eigenvalue weighted by atomic mass is 10.5. The summed E-state index contributed by atoms with van der Waals surface area (Å²) in [6.07, 6.45) is 2.22. The molecule has 1 N–H and O–H groups in total. The van der Waals surface area contributed by atoms with E-state index in [0.29, 0.717) is 0 Å². The van der Waals surface area contributed by atoms with Crippen LogP contribution in [0.3, 0.4) is 0 Å². The average Bonchev–Trinajstić information content (AvgIpc) is 1.97. The molecule has 4 heteroatoms. The number of hydrogen-bond acceptors (Lipinski definition) is 3. The molecule has 0 aromatic carbocycles. The number of rotatable bonds is 0. The second-order valence-electron chi connectivity index (χ2n) is 1.48. The fourth-order valence-electron chi connectivity index (χ4n) is 0.429. The van der Waals surface area contributed by atoms with Gasteiger partial charge in [-0.3, -0.25) is 4.79 Å². The fraction of sp³-hybridized carbons (Fsp3) is 0.200. The summed E-state index contributed by atoms with van der Waals surface area (Å²) in [6, 6.07) is 0. The molecule has 9 heavy (non-hydrogen) atoms. The van der Waals surface area contributed by atoms with Crippen LogP contribution in [0.4, 0.5) is 0 Å². The summed E-state index contributed by atoms with van der Waals surface area (Å²) in [6.45, 7) is -0.0370. The van der Waals surface area contributed by atoms with Crippen molar-refractivity contribution >= 4 is 11.9 Å². The highest BCUT2D eigenvalue weighted by atomic mass is 16.5. The van der Waals surface area contributed by atoms with Gasteiger partial charge >= 0.3 is 5.97 Å². The summed E-state index contributed by atoms with van der Waals surface area (Å²) in [5.74, 6) is -0.797. The zero-order valence-electron chi connectivity index (χ0n) is 4.59. The minimum atomic E-state index is -0.492. The number of carbonyl (C=O) groups is 2. The summed E-state index contributed by atoms with van der Waals surface area (Å²) in [5, 5.41) is 2.31. The molecule has 0 radical (unpaired) electrons. The number of nitrogens with one attached hydrogen (secondary N) is 1. The molecule has 1 aliphatic heterocycles. The van der Waals surface area contributed by atoms with Crippen molar-refractivity contribution in [3.63, 3.8) is 0 Å². The molecule has 0 bridgehead atoms. The maximum absolute atomic E-state index is 10.4. The molecule has 0 atom stereocenters. The first kappa shape index (κ1) is 5.81. The number of hydrogen-bond donors (Lipinski definition) is 1. The summed E-state index contributed by atoms with van der Waals surface area (Å²) in [4.78, 5) is 20.7. The molecule has 0 saturated carbocycles. The van der Waals surface area contributed by atoms with Crippen molar-refractivity contribution in [3.05, 3.63) is 12.2 Å². The smallest absolute Gasteiger partial charge is 0.332 e. The normalized spacial score (nSPS) is 18.2. The van der Waals surface area contributed by atoms with Gasteiger partial charge in [0, 0.05) is 12.2 Å². The molecule has 1 heterocycles. The number of cyclic esters (lactones) is 1. The third kappa shape index (κ3) is 1.56. The van der Waals surface area contributed by atoms with E-state index in [1.165, 1.54) is 0 Å². The van der Waals surface area contributed by atoms with E-state index >= 15 is 0 Å². The summed E-state index contributed by atoms with van der Waals surface area (Å²) in [5.41, 5.74) is 0. The zero-order valence-corrected chi connectivity index (χ0v) is 4.59. The minimum Gasteiger partial charge on any atom is -0.441 e. The fourth-order valence-corrected chi connectivity index (χ4v) is 0.429. The van der Waals surface area contributed by atoms with Crippen LogP contribution in [0.5, 0.6) is 0 Å². The molecule has 1 aliphatic rings. The van der Waals surface area contributed by atoms with Gasteiger partial charge in [0.2, 0.25) is 5.91 Å². The highest BCUT2D eigenvalue weighted by molar-refractivity contribution is 5.95. The summed E-state index contributed by atoms with van der Waals surface area (Å²) >= 11 is 0. The van der Waals surface area contributed by atoms with Gasteiger partial charge in [0.1, 0.15) is 0 Å². The van der Waals surface area contributed by atoms with Crippen molar-refractivity contribution in [2.24, 2.45) is 0 Å². The van der Waals surface area contributed by atoms with Gasteiger partial charge in [-0.25, -0.2) is 4.79 Å². The van der Waals surface area contributed by atoms with Crippen LogP contribution in [0, 0.1) is 0 Å². The molecule has 0 aromatic heterocycles. The predicted molar refractivity (Wildman–Crippen MR) is 28.2 cm³/mol. The Balaban J connectivity index is 2.63. The maximum atomic E-state index is 10.4. The van der Waals surface area contributed by atoms with Gasteiger partial charge in [-0.2, -0.15) is 0 Å². The SMILES string of the molecule is O=C1C=CC(=O)OCN1. The highest BCUT2D eigenvalue weighted by Crippen LogP contribution is 1.85. The van der Waals surface area contributed by atoms with E-state index in [4.69, 9.17) is 0 Å². The van der Waals surface area contributed by atoms with Gasteiger partial charge in [0.05, 0.1) is 0 Å². The van der Waals surface area contributed by atoms with Gasteiger partial charge in [0.15, 0.2) is 6.73 Å². The van der Waals surface area contributed by atoms with Crippen molar-refractivity contribution < 1.29 is 14.3 Å². The van der Waals surface area contributed by atoms with E-state index in [2.05, 4.69) is 10.1 Å². The van der Waals surface area contributed by atoms with Crippen LogP contribution in [-0.4, -0.2) is 18.6 Å². The van der Waals surface area contributed by atoms with Crippen LogP contribution in [0.25, 0.3) is 0 Å². The number of esters is 1. The molecule has 48 valence electrons. The molecule has 0 unspecified atom stereocenters. The Morgan fingerprint density at radius 3 is 3.00 bits per heavy atom. The molecule has 0 aliphatic carbocycles. The van der Waals surface area contributed by atoms with Crippen molar-refractivity contribution in [1.82, 2.24) is 5.32 Å². The predicted octanol–water partition coefficient (Wildman–Crippen LogP) is -0.827. The highest BCUT2D eigenvalue weighted by Gasteiger charge is 2.03. The average molecular weight is 127 g/mol. The van der Waals surface area contributed by atoms with Crippen LogP contribution in [0.2, 0.25) is 0 Å². The van der Waals surface area contributed by atoms with Gasteiger partial charge in [-0.15, -0.1) is 0 Å². The van der Waals surface area contributed by atoms with Crippen molar-refractivity contribution in [1.29, 1.82) is 0 Å². The first-order valence-electron chi connectivity index (χ1n) is 2.42. The van der Waals surface area contributed by atoms with E-state index in [0.717, 1.165) is 12.2 Å². The van der Waals surface area contributed by atoms with Crippen LogP contribution in [0.1, 0.15) is 0 Å². The lowest BCUT2D eigenvalue weighted by Gasteiger charge is -1.96. The topological polar surface area (TPSA) is 55.4 Å². The van der Waals surface area contributed by atoms with Crippen LogP contribution in [0.15, 0.2) is 12.2 Å². The van der Waals surface area contributed by atoms with E-state index in [1.54, 1.807) is 0 Å². The van der Waals surface area contributed by atoms with Crippen LogP contribution >= 0.6 is 0 Å². The Morgan fingerprint density at radius 1 is 1.44 bits per heavy atom. The van der Waals surface area contributed by atoms with Gasteiger partial charge in [0.25, 0.3) is 0 Å². The Bertz CT molecular complexity index is 155. The zero-order chi connectivity index (χ0) is 6.69. The number of carbonyl (C=O) groups excluding carboxylic acids is 2. The van der Waals surface area contributed by atoms with Gasteiger partial charge < -0.3 is 10.1 Å². The molecule has 0 aromatic rings. The standard InChI is InChI=1S/C5H5NO3/c7-4-1-2-5(8)9-3-6-4/h1-2H,3H2,(H,6,7). The molecule has 0 spiro atoms. The van der Waals surface area contributed by atoms with Crippen molar-refractivity contribution in [2.75, 3.05) is 6.73 Å². The first-order chi connectivity index (χ1) is 4.29. The largest absolute Gasteiger partial charge is 0.441 e. The molecule has 0 fully saturated rings. The Morgan fingerprint density at radius 2 is 2.22 bits per heavy atom. The Kier molecular flexibility index (Phi) is 1.48. The maximum Gasteiger partial charge on any atom is 0.332 e. The van der Waals surface area contributed by atoms with Gasteiger partial charge in [-0.05, 0) is 0 Å².